The number of furan rings is 1. The quantitative estimate of drug-likeness (QED) is 0.903. The third-order valence-corrected chi connectivity index (χ3v) is 4.48. The molecule has 122 valence electrons. The molecule has 23 heavy (non-hydrogen) atoms. The van der Waals surface area contributed by atoms with Crippen molar-refractivity contribution in [2.24, 2.45) is 0 Å². The minimum Gasteiger partial charge on any atom is -0.468 e. The van der Waals surface area contributed by atoms with Crippen LogP contribution >= 0.6 is 11.6 Å². The van der Waals surface area contributed by atoms with Crippen molar-refractivity contribution in [3.63, 3.8) is 0 Å². The molecule has 1 fully saturated rings. The molecule has 1 aliphatic rings. The van der Waals surface area contributed by atoms with Crippen LogP contribution in [0.25, 0.3) is 0 Å². The molecule has 1 N–H and O–H groups in total. The summed E-state index contributed by atoms with van der Waals surface area (Å²) in [7, 11) is 0. The number of halogens is 1. The topological polar surface area (TPSA) is 45.5 Å². The zero-order chi connectivity index (χ0) is 16.1. The summed E-state index contributed by atoms with van der Waals surface area (Å²) in [5.41, 5.74) is 0.578. The summed E-state index contributed by atoms with van der Waals surface area (Å²) < 4.78 is 5.59. The second kappa shape index (κ2) is 7.66. The summed E-state index contributed by atoms with van der Waals surface area (Å²) in [6, 6.07) is 10.9. The third kappa shape index (κ3) is 4.15. The maximum atomic E-state index is 12.3. The largest absolute Gasteiger partial charge is 0.468 e. The second-order valence-electron chi connectivity index (χ2n) is 5.85. The summed E-state index contributed by atoms with van der Waals surface area (Å²) in [6.45, 7) is 2.61. The molecule has 1 atom stereocenters. The third-order valence-electron chi connectivity index (χ3n) is 4.25. The zero-order valence-corrected chi connectivity index (χ0v) is 13.8. The van der Waals surface area contributed by atoms with E-state index in [1.54, 1.807) is 30.5 Å². The number of amides is 1. The lowest BCUT2D eigenvalue weighted by Crippen LogP contribution is -2.40. The number of piperidine rings is 1. The first-order valence-corrected chi connectivity index (χ1v) is 8.43. The number of nitrogens with one attached hydrogen (secondary N) is 1. The van der Waals surface area contributed by atoms with Crippen LogP contribution in [0, 0.1) is 0 Å². The Morgan fingerprint density at radius 1 is 1.22 bits per heavy atom. The van der Waals surface area contributed by atoms with E-state index in [0.717, 1.165) is 18.8 Å². The SMILES string of the molecule is O=C(NC[C@H](c1ccco1)N1CCCCC1)c1cccc(Cl)c1. The lowest BCUT2D eigenvalue weighted by molar-refractivity contribution is 0.0914. The first-order valence-electron chi connectivity index (χ1n) is 8.05. The lowest BCUT2D eigenvalue weighted by Gasteiger charge is -2.33. The van der Waals surface area contributed by atoms with Crippen LogP contribution in [0.1, 0.15) is 41.4 Å². The Labute approximate surface area is 141 Å². The Bertz CT molecular complexity index is 636. The molecule has 1 aromatic heterocycles. The molecule has 5 heteroatoms. The van der Waals surface area contributed by atoms with Gasteiger partial charge in [-0.05, 0) is 56.3 Å². The number of likely N-dealkylation sites (tertiary alicyclic amines) is 1. The smallest absolute Gasteiger partial charge is 0.251 e. The van der Waals surface area contributed by atoms with Crippen LogP contribution in [0.4, 0.5) is 0 Å². The molecular formula is C18H21ClN2O2. The molecule has 0 unspecified atom stereocenters. The molecule has 2 heterocycles. The van der Waals surface area contributed by atoms with E-state index in [4.69, 9.17) is 16.0 Å². The van der Waals surface area contributed by atoms with Gasteiger partial charge in [-0.2, -0.15) is 0 Å². The van der Waals surface area contributed by atoms with Gasteiger partial charge in [-0.3, -0.25) is 9.69 Å². The van der Waals surface area contributed by atoms with Crippen molar-refractivity contribution in [3.05, 3.63) is 59.0 Å². The molecular weight excluding hydrogens is 312 g/mol. The monoisotopic (exact) mass is 332 g/mol. The maximum Gasteiger partial charge on any atom is 0.251 e. The number of nitrogens with zero attached hydrogens (tertiary/aromatic N) is 1. The lowest BCUT2D eigenvalue weighted by atomic mass is 10.1. The van der Waals surface area contributed by atoms with Crippen molar-refractivity contribution in [1.29, 1.82) is 0 Å². The Kier molecular flexibility index (Phi) is 5.36. The number of hydrogen-bond acceptors (Lipinski definition) is 3. The van der Waals surface area contributed by atoms with Gasteiger partial charge in [-0.25, -0.2) is 0 Å². The van der Waals surface area contributed by atoms with Crippen molar-refractivity contribution < 1.29 is 9.21 Å². The van der Waals surface area contributed by atoms with Gasteiger partial charge in [0.25, 0.3) is 5.91 Å². The summed E-state index contributed by atoms with van der Waals surface area (Å²) in [4.78, 5) is 14.7. The summed E-state index contributed by atoms with van der Waals surface area (Å²) in [6.07, 6.45) is 5.35. The normalized spacial score (nSPS) is 16.9. The molecule has 3 rings (SSSR count). The summed E-state index contributed by atoms with van der Waals surface area (Å²) >= 11 is 5.95. The van der Waals surface area contributed by atoms with E-state index in [9.17, 15) is 4.79 Å². The van der Waals surface area contributed by atoms with E-state index in [1.165, 1.54) is 19.3 Å². The van der Waals surface area contributed by atoms with Crippen LogP contribution in [-0.4, -0.2) is 30.4 Å². The van der Waals surface area contributed by atoms with Crippen molar-refractivity contribution in [1.82, 2.24) is 10.2 Å². The molecule has 0 aliphatic carbocycles. The van der Waals surface area contributed by atoms with Gasteiger partial charge in [0.1, 0.15) is 5.76 Å². The van der Waals surface area contributed by atoms with Gasteiger partial charge in [0, 0.05) is 17.1 Å². The predicted molar refractivity (Wildman–Crippen MR) is 90.7 cm³/mol. The average molecular weight is 333 g/mol. The molecule has 2 aromatic rings. The molecule has 1 amide bonds. The summed E-state index contributed by atoms with van der Waals surface area (Å²) in [5.74, 6) is 0.791. The van der Waals surface area contributed by atoms with Crippen LogP contribution in [0.5, 0.6) is 0 Å². The van der Waals surface area contributed by atoms with Crippen molar-refractivity contribution in [3.8, 4) is 0 Å². The second-order valence-corrected chi connectivity index (χ2v) is 6.28. The number of carbonyl (C=O) groups excluding carboxylic acids is 1. The van der Waals surface area contributed by atoms with E-state index in [1.807, 2.05) is 12.1 Å². The van der Waals surface area contributed by atoms with Crippen LogP contribution in [0.3, 0.4) is 0 Å². The first-order chi connectivity index (χ1) is 11.2. The van der Waals surface area contributed by atoms with E-state index in [0.29, 0.717) is 17.1 Å². The highest BCUT2D eigenvalue weighted by Crippen LogP contribution is 2.24. The molecule has 0 spiro atoms. The number of carbonyl (C=O) groups is 1. The molecule has 4 nitrogen and oxygen atoms in total. The highest BCUT2D eigenvalue weighted by molar-refractivity contribution is 6.30. The Morgan fingerprint density at radius 3 is 2.74 bits per heavy atom. The van der Waals surface area contributed by atoms with Crippen molar-refractivity contribution >= 4 is 17.5 Å². The fourth-order valence-electron chi connectivity index (χ4n) is 3.04. The molecule has 1 saturated heterocycles. The van der Waals surface area contributed by atoms with E-state index < -0.39 is 0 Å². The van der Waals surface area contributed by atoms with Gasteiger partial charge in [0.2, 0.25) is 0 Å². The molecule has 0 bridgehead atoms. The Morgan fingerprint density at radius 2 is 2.04 bits per heavy atom. The summed E-state index contributed by atoms with van der Waals surface area (Å²) in [5, 5.41) is 3.58. The predicted octanol–water partition coefficient (Wildman–Crippen LogP) is 3.89. The zero-order valence-electron chi connectivity index (χ0n) is 13.0. The molecule has 0 radical (unpaired) electrons. The van der Waals surface area contributed by atoms with Crippen molar-refractivity contribution in [2.45, 2.75) is 25.3 Å². The number of hydrogen-bond donors (Lipinski definition) is 1. The highest BCUT2D eigenvalue weighted by Gasteiger charge is 2.25. The Balaban J connectivity index is 1.67. The number of rotatable bonds is 5. The van der Waals surface area contributed by atoms with Gasteiger partial charge in [0.15, 0.2) is 0 Å². The van der Waals surface area contributed by atoms with Gasteiger partial charge < -0.3 is 9.73 Å². The average Bonchev–Trinajstić information content (AvgIpc) is 3.10. The maximum absolute atomic E-state index is 12.3. The fraction of sp³-hybridized carbons (Fsp3) is 0.389. The van der Waals surface area contributed by atoms with Crippen LogP contribution in [-0.2, 0) is 0 Å². The molecule has 0 saturated carbocycles. The van der Waals surface area contributed by atoms with Crippen LogP contribution in [0.2, 0.25) is 5.02 Å². The molecule has 1 aromatic carbocycles. The minimum absolute atomic E-state index is 0.0773. The fourth-order valence-corrected chi connectivity index (χ4v) is 3.23. The van der Waals surface area contributed by atoms with Gasteiger partial charge >= 0.3 is 0 Å². The van der Waals surface area contributed by atoms with Crippen molar-refractivity contribution in [2.75, 3.05) is 19.6 Å². The van der Waals surface area contributed by atoms with E-state index in [-0.39, 0.29) is 11.9 Å². The standard InChI is InChI=1S/C18H21ClN2O2/c19-15-7-4-6-14(12-15)18(22)20-13-16(17-8-5-11-23-17)21-9-2-1-3-10-21/h4-8,11-12,16H,1-3,9-10,13H2,(H,20,22)/t16-/m1/s1. The first kappa shape index (κ1) is 16.1. The number of benzene rings is 1. The van der Waals surface area contributed by atoms with Gasteiger partial charge in [-0.15, -0.1) is 0 Å². The van der Waals surface area contributed by atoms with Gasteiger partial charge in [0.05, 0.1) is 12.3 Å². The van der Waals surface area contributed by atoms with Gasteiger partial charge in [-0.1, -0.05) is 24.1 Å². The van der Waals surface area contributed by atoms with E-state index in [2.05, 4.69) is 10.2 Å². The van der Waals surface area contributed by atoms with Crippen LogP contribution in [0.15, 0.2) is 47.1 Å². The Hall–Kier alpha value is -1.78. The highest BCUT2D eigenvalue weighted by atomic mass is 35.5. The van der Waals surface area contributed by atoms with E-state index >= 15 is 0 Å². The minimum atomic E-state index is -0.110. The van der Waals surface area contributed by atoms with Crippen LogP contribution < -0.4 is 5.32 Å². The molecule has 1 aliphatic heterocycles.